The van der Waals surface area contributed by atoms with E-state index in [0.29, 0.717) is 23.4 Å². The average Bonchev–Trinajstić information content (AvgIpc) is 2.93. The van der Waals surface area contributed by atoms with Gasteiger partial charge < -0.3 is 10.1 Å². The van der Waals surface area contributed by atoms with E-state index in [9.17, 15) is 4.79 Å². The Hall–Kier alpha value is -1.13. The highest BCUT2D eigenvalue weighted by molar-refractivity contribution is 6.30. The second-order valence-corrected chi connectivity index (χ2v) is 7.56. The van der Waals surface area contributed by atoms with Crippen LogP contribution in [0.15, 0.2) is 18.3 Å². The van der Waals surface area contributed by atoms with Gasteiger partial charge in [-0.1, -0.05) is 25.4 Å². The smallest absolute Gasteiger partial charge is 0.258 e. The first-order chi connectivity index (χ1) is 9.91. The van der Waals surface area contributed by atoms with Crippen molar-refractivity contribution in [3.63, 3.8) is 0 Å². The van der Waals surface area contributed by atoms with Crippen molar-refractivity contribution in [1.29, 1.82) is 0 Å². The lowest BCUT2D eigenvalue weighted by Gasteiger charge is -2.39. The third kappa shape index (κ3) is 1.45. The van der Waals surface area contributed by atoms with Crippen LogP contribution >= 0.6 is 11.6 Å². The summed E-state index contributed by atoms with van der Waals surface area (Å²) >= 11 is 5.83. The van der Waals surface area contributed by atoms with Crippen molar-refractivity contribution < 1.29 is 9.53 Å². The third-order valence-corrected chi connectivity index (χ3v) is 6.76. The molecule has 2 aliphatic carbocycles. The maximum absolute atomic E-state index is 12.9. The molecule has 4 atom stereocenters. The highest BCUT2D eigenvalue weighted by atomic mass is 35.5. The monoisotopic (exact) mass is 306 g/mol. The van der Waals surface area contributed by atoms with Crippen molar-refractivity contribution in [2.45, 2.75) is 38.7 Å². The fraction of sp³-hybridized carbons (Fsp3) is 0.625. The van der Waals surface area contributed by atoms with Crippen LogP contribution < -0.4 is 5.32 Å². The lowest BCUT2D eigenvalue weighted by Crippen LogP contribution is -2.52. The van der Waals surface area contributed by atoms with E-state index in [4.69, 9.17) is 16.3 Å². The quantitative estimate of drug-likeness (QED) is 0.912. The Kier molecular flexibility index (Phi) is 2.57. The first kappa shape index (κ1) is 13.5. The summed E-state index contributed by atoms with van der Waals surface area (Å²) in [5.74, 6) is 1.08. The van der Waals surface area contributed by atoms with Gasteiger partial charge in [-0.05, 0) is 37.3 Å². The van der Waals surface area contributed by atoms with Crippen LogP contribution in [0.2, 0.25) is 5.02 Å². The van der Waals surface area contributed by atoms with E-state index in [-0.39, 0.29) is 16.7 Å². The molecule has 5 heteroatoms. The molecule has 0 aromatic carbocycles. The molecule has 1 aromatic rings. The number of carbonyl (C=O) groups excluding carboxylic acids is 1. The van der Waals surface area contributed by atoms with Gasteiger partial charge in [0.05, 0.1) is 11.6 Å². The average molecular weight is 307 g/mol. The molecule has 4 bridgehead atoms. The van der Waals surface area contributed by atoms with E-state index in [1.54, 1.807) is 12.1 Å². The molecule has 0 radical (unpaired) electrons. The molecule has 4 rings (SSSR count). The minimum Gasteiger partial charge on any atom is -0.364 e. The molecule has 2 saturated carbocycles. The van der Waals surface area contributed by atoms with Crippen LogP contribution in [0.4, 0.5) is 5.82 Å². The third-order valence-electron chi connectivity index (χ3n) is 6.53. The highest BCUT2D eigenvalue weighted by Gasteiger charge is 2.78. The number of pyridine rings is 1. The predicted octanol–water partition coefficient (Wildman–Crippen LogP) is 3.27. The predicted molar refractivity (Wildman–Crippen MR) is 80.1 cm³/mol. The summed E-state index contributed by atoms with van der Waals surface area (Å²) in [6.45, 7) is 5.20. The fourth-order valence-corrected chi connectivity index (χ4v) is 5.04. The number of hydrogen-bond donors (Lipinski definition) is 1. The van der Waals surface area contributed by atoms with Crippen LogP contribution in [0.25, 0.3) is 0 Å². The van der Waals surface area contributed by atoms with Gasteiger partial charge >= 0.3 is 0 Å². The summed E-state index contributed by atoms with van der Waals surface area (Å²) in [5.41, 5.74) is -0.620. The maximum atomic E-state index is 12.9. The largest absolute Gasteiger partial charge is 0.364 e. The van der Waals surface area contributed by atoms with Crippen LogP contribution in [0.5, 0.6) is 0 Å². The minimum atomic E-state index is -0.689. The van der Waals surface area contributed by atoms with Crippen molar-refractivity contribution in [3.05, 3.63) is 23.4 Å². The molecular formula is C16H19ClN2O2. The van der Waals surface area contributed by atoms with Crippen molar-refractivity contribution in [2.75, 3.05) is 11.9 Å². The van der Waals surface area contributed by atoms with Crippen LogP contribution in [0.1, 0.15) is 33.1 Å². The minimum absolute atomic E-state index is 0.0502. The van der Waals surface area contributed by atoms with Crippen molar-refractivity contribution in [2.24, 2.45) is 16.7 Å². The molecule has 1 saturated heterocycles. The first-order valence-electron chi connectivity index (χ1n) is 7.48. The molecule has 2 heterocycles. The fourth-order valence-electron chi connectivity index (χ4n) is 4.92. The zero-order valence-electron chi connectivity index (χ0n) is 12.3. The highest BCUT2D eigenvalue weighted by Crippen LogP contribution is 2.75. The molecule has 3 aliphatic rings. The van der Waals surface area contributed by atoms with Gasteiger partial charge in [-0.15, -0.1) is 0 Å². The van der Waals surface area contributed by atoms with Crippen molar-refractivity contribution in [3.8, 4) is 0 Å². The topological polar surface area (TPSA) is 51.2 Å². The Morgan fingerprint density at radius 3 is 2.90 bits per heavy atom. The van der Waals surface area contributed by atoms with Crippen molar-refractivity contribution >= 4 is 23.3 Å². The zero-order valence-corrected chi connectivity index (χ0v) is 13.0. The number of hydrogen-bond acceptors (Lipinski definition) is 3. The second-order valence-electron chi connectivity index (χ2n) is 7.12. The van der Waals surface area contributed by atoms with E-state index in [0.717, 1.165) is 12.8 Å². The molecule has 3 fully saturated rings. The van der Waals surface area contributed by atoms with Crippen LogP contribution in [-0.2, 0) is 9.53 Å². The van der Waals surface area contributed by atoms with E-state index in [2.05, 4.69) is 24.1 Å². The van der Waals surface area contributed by atoms with Gasteiger partial charge in [-0.3, -0.25) is 4.79 Å². The first-order valence-corrected chi connectivity index (χ1v) is 7.86. The van der Waals surface area contributed by atoms with Crippen LogP contribution in [-0.4, -0.2) is 23.1 Å². The number of anilines is 1. The molecule has 1 aromatic heterocycles. The number of halogens is 1. The van der Waals surface area contributed by atoms with Crippen LogP contribution in [0.3, 0.4) is 0 Å². The zero-order chi connectivity index (χ0) is 14.9. The number of ether oxygens (including phenoxy) is 1. The Labute approximate surface area is 129 Å². The van der Waals surface area contributed by atoms with Gasteiger partial charge in [0, 0.05) is 17.0 Å². The lowest BCUT2D eigenvalue weighted by atomic mass is 9.66. The maximum Gasteiger partial charge on any atom is 0.258 e. The molecule has 1 N–H and O–H groups in total. The lowest BCUT2D eigenvalue weighted by molar-refractivity contribution is -0.149. The number of amides is 1. The number of aromatic nitrogens is 1. The Morgan fingerprint density at radius 2 is 2.29 bits per heavy atom. The molecule has 0 spiro atoms. The van der Waals surface area contributed by atoms with Gasteiger partial charge in [-0.2, -0.15) is 0 Å². The molecule has 1 amide bonds. The molecule has 21 heavy (non-hydrogen) atoms. The van der Waals surface area contributed by atoms with Gasteiger partial charge in [0.25, 0.3) is 5.91 Å². The van der Waals surface area contributed by atoms with E-state index in [1.165, 1.54) is 12.6 Å². The molecule has 0 unspecified atom stereocenters. The summed E-state index contributed by atoms with van der Waals surface area (Å²) in [6, 6.07) is 3.45. The summed E-state index contributed by atoms with van der Waals surface area (Å²) in [4.78, 5) is 17.1. The normalized spacial score (nSPS) is 43.3. The summed E-state index contributed by atoms with van der Waals surface area (Å²) in [6.07, 6.45) is 4.65. The van der Waals surface area contributed by atoms with Gasteiger partial charge in [0.1, 0.15) is 5.82 Å². The van der Waals surface area contributed by atoms with Gasteiger partial charge in [0.15, 0.2) is 5.60 Å². The molecular weight excluding hydrogens is 288 g/mol. The Morgan fingerprint density at radius 1 is 1.48 bits per heavy atom. The van der Waals surface area contributed by atoms with E-state index < -0.39 is 5.60 Å². The summed E-state index contributed by atoms with van der Waals surface area (Å²) in [5, 5.41) is 3.48. The SMILES string of the molecule is C[C@]12CC[C@@H]3C[C@@]1(C(=O)Nc1ccc(Cl)cn1)OC[C@@]32C. The number of nitrogens with one attached hydrogen (secondary N) is 1. The van der Waals surface area contributed by atoms with Gasteiger partial charge in [-0.25, -0.2) is 4.98 Å². The number of nitrogens with zero attached hydrogens (tertiary/aromatic N) is 1. The molecule has 4 nitrogen and oxygen atoms in total. The molecule has 112 valence electrons. The summed E-state index contributed by atoms with van der Waals surface area (Å²) < 4.78 is 6.07. The van der Waals surface area contributed by atoms with E-state index in [1.807, 2.05) is 0 Å². The van der Waals surface area contributed by atoms with Gasteiger partial charge in [0.2, 0.25) is 0 Å². The van der Waals surface area contributed by atoms with Crippen LogP contribution in [0, 0.1) is 16.7 Å². The molecule has 1 aliphatic heterocycles. The second kappa shape index (κ2) is 3.99. The number of carbonyl (C=O) groups is 1. The Bertz CT molecular complexity index is 619. The Balaban J connectivity index is 1.65. The van der Waals surface area contributed by atoms with Crippen molar-refractivity contribution in [1.82, 2.24) is 4.98 Å². The standard InChI is InChI=1S/C16H19ClN2O2/c1-14-9-21-16(7-10(14)5-6-15(14,16)2)13(20)19-12-4-3-11(17)8-18-12/h3-4,8,10H,5-7,9H2,1-2H3,(H,18,19,20)/t10-,14+,15-,16+/m1/s1. The summed E-state index contributed by atoms with van der Waals surface area (Å²) in [7, 11) is 0. The number of rotatable bonds is 2. The van der Waals surface area contributed by atoms with E-state index >= 15 is 0 Å².